The monoisotopic (exact) mass is 328 g/mol. The molecule has 0 N–H and O–H groups in total. The molecule has 1 amide bonds. The van der Waals surface area contributed by atoms with Gasteiger partial charge in [0.1, 0.15) is 11.6 Å². The van der Waals surface area contributed by atoms with Crippen LogP contribution in [-0.2, 0) is 11.3 Å². The summed E-state index contributed by atoms with van der Waals surface area (Å²) in [5.41, 5.74) is 0.547. The first-order valence-electron chi connectivity index (χ1n) is 8.14. The Balaban J connectivity index is 1.56. The van der Waals surface area contributed by atoms with Crippen molar-refractivity contribution in [1.82, 2.24) is 14.9 Å². The SMILES string of the molecule is CN(Cc1ccccc1F)C(=O)C1CCN(c2cnccn2)CC1. The maximum atomic E-state index is 13.7. The molecule has 1 aromatic carbocycles. The van der Waals surface area contributed by atoms with Gasteiger partial charge >= 0.3 is 0 Å². The molecule has 1 saturated heterocycles. The number of halogens is 1. The summed E-state index contributed by atoms with van der Waals surface area (Å²) in [5, 5.41) is 0. The van der Waals surface area contributed by atoms with Gasteiger partial charge < -0.3 is 9.80 Å². The number of piperidine rings is 1. The molecule has 1 aliphatic heterocycles. The summed E-state index contributed by atoms with van der Waals surface area (Å²) in [7, 11) is 1.74. The van der Waals surface area contributed by atoms with E-state index in [1.54, 1.807) is 48.7 Å². The predicted octanol–water partition coefficient (Wildman–Crippen LogP) is 2.49. The third kappa shape index (κ3) is 3.69. The number of carbonyl (C=O) groups is 1. The van der Waals surface area contributed by atoms with E-state index in [4.69, 9.17) is 0 Å². The second-order valence-corrected chi connectivity index (χ2v) is 6.11. The van der Waals surface area contributed by atoms with Crippen LogP contribution in [0.15, 0.2) is 42.9 Å². The maximum absolute atomic E-state index is 13.7. The molecule has 3 rings (SSSR count). The number of carbonyl (C=O) groups excluding carboxylic acids is 1. The van der Waals surface area contributed by atoms with Crippen molar-refractivity contribution in [3.63, 3.8) is 0 Å². The fraction of sp³-hybridized carbons (Fsp3) is 0.389. The summed E-state index contributed by atoms with van der Waals surface area (Å²) in [6, 6.07) is 6.59. The van der Waals surface area contributed by atoms with E-state index < -0.39 is 0 Å². The third-order valence-electron chi connectivity index (χ3n) is 4.46. The van der Waals surface area contributed by atoms with Crippen LogP contribution in [0.25, 0.3) is 0 Å². The molecule has 0 unspecified atom stereocenters. The van der Waals surface area contributed by atoms with Gasteiger partial charge in [0.15, 0.2) is 0 Å². The number of hydrogen-bond acceptors (Lipinski definition) is 4. The van der Waals surface area contributed by atoms with Crippen molar-refractivity contribution in [2.75, 3.05) is 25.0 Å². The van der Waals surface area contributed by atoms with Crippen LogP contribution in [0.3, 0.4) is 0 Å². The Morgan fingerprint density at radius 1 is 1.29 bits per heavy atom. The molecule has 0 atom stereocenters. The molecular weight excluding hydrogens is 307 g/mol. The summed E-state index contributed by atoms with van der Waals surface area (Å²) in [4.78, 5) is 24.8. The van der Waals surface area contributed by atoms with Crippen molar-refractivity contribution in [1.29, 1.82) is 0 Å². The Hall–Kier alpha value is -2.50. The normalized spacial score (nSPS) is 15.3. The van der Waals surface area contributed by atoms with Crippen molar-refractivity contribution < 1.29 is 9.18 Å². The van der Waals surface area contributed by atoms with Gasteiger partial charge in [-0.15, -0.1) is 0 Å². The lowest BCUT2D eigenvalue weighted by atomic mass is 9.95. The number of nitrogens with zero attached hydrogens (tertiary/aromatic N) is 4. The van der Waals surface area contributed by atoms with Gasteiger partial charge in [-0.2, -0.15) is 0 Å². The Labute approximate surface area is 141 Å². The first-order valence-corrected chi connectivity index (χ1v) is 8.14. The summed E-state index contributed by atoms with van der Waals surface area (Å²) < 4.78 is 13.7. The molecule has 2 aromatic rings. The zero-order valence-electron chi connectivity index (χ0n) is 13.7. The first kappa shape index (κ1) is 16.4. The fourth-order valence-corrected chi connectivity index (χ4v) is 3.08. The van der Waals surface area contributed by atoms with Crippen LogP contribution >= 0.6 is 0 Å². The van der Waals surface area contributed by atoms with Crippen LogP contribution in [0.1, 0.15) is 18.4 Å². The highest BCUT2D eigenvalue weighted by atomic mass is 19.1. The van der Waals surface area contributed by atoms with Gasteiger partial charge in [0.05, 0.1) is 6.20 Å². The van der Waals surface area contributed by atoms with Gasteiger partial charge in [-0.1, -0.05) is 18.2 Å². The molecule has 1 aliphatic rings. The van der Waals surface area contributed by atoms with Crippen LogP contribution in [0.5, 0.6) is 0 Å². The number of rotatable bonds is 4. The Bertz CT molecular complexity index is 686. The molecule has 24 heavy (non-hydrogen) atoms. The van der Waals surface area contributed by atoms with Crippen molar-refractivity contribution in [2.45, 2.75) is 19.4 Å². The molecule has 6 heteroatoms. The highest BCUT2D eigenvalue weighted by molar-refractivity contribution is 5.79. The largest absolute Gasteiger partial charge is 0.355 e. The second-order valence-electron chi connectivity index (χ2n) is 6.11. The molecule has 0 aliphatic carbocycles. The molecule has 1 fully saturated rings. The van der Waals surface area contributed by atoms with Crippen LogP contribution in [0.2, 0.25) is 0 Å². The lowest BCUT2D eigenvalue weighted by molar-refractivity contribution is -0.135. The van der Waals surface area contributed by atoms with Crippen LogP contribution in [0.4, 0.5) is 10.2 Å². The lowest BCUT2D eigenvalue weighted by Crippen LogP contribution is -2.41. The van der Waals surface area contributed by atoms with E-state index in [0.29, 0.717) is 12.1 Å². The van der Waals surface area contributed by atoms with E-state index >= 15 is 0 Å². The minimum Gasteiger partial charge on any atom is -0.355 e. The molecule has 2 heterocycles. The van der Waals surface area contributed by atoms with Gasteiger partial charge in [0.2, 0.25) is 5.91 Å². The Kier molecular flexibility index (Phi) is 5.03. The molecule has 0 bridgehead atoms. The summed E-state index contributed by atoms with van der Waals surface area (Å²) in [6.07, 6.45) is 6.62. The third-order valence-corrected chi connectivity index (χ3v) is 4.46. The van der Waals surface area contributed by atoms with Crippen LogP contribution in [0, 0.1) is 11.7 Å². The summed E-state index contributed by atoms with van der Waals surface area (Å²) in [6.45, 7) is 1.86. The lowest BCUT2D eigenvalue weighted by Gasteiger charge is -2.33. The number of hydrogen-bond donors (Lipinski definition) is 0. The highest BCUT2D eigenvalue weighted by Gasteiger charge is 2.28. The summed E-state index contributed by atoms with van der Waals surface area (Å²) >= 11 is 0. The molecule has 0 saturated carbocycles. The van der Waals surface area contributed by atoms with E-state index in [1.807, 2.05) is 0 Å². The average molecular weight is 328 g/mol. The average Bonchev–Trinajstić information content (AvgIpc) is 2.64. The number of anilines is 1. The van der Waals surface area contributed by atoms with Crippen molar-refractivity contribution in [2.24, 2.45) is 5.92 Å². The maximum Gasteiger partial charge on any atom is 0.225 e. The van der Waals surface area contributed by atoms with Gasteiger partial charge in [0, 0.05) is 50.6 Å². The smallest absolute Gasteiger partial charge is 0.225 e. The zero-order chi connectivity index (χ0) is 16.9. The second kappa shape index (κ2) is 7.38. The molecule has 0 radical (unpaired) electrons. The van der Waals surface area contributed by atoms with Gasteiger partial charge in [-0.05, 0) is 18.9 Å². The number of amides is 1. The van der Waals surface area contributed by atoms with Crippen molar-refractivity contribution >= 4 is 11.7 Å². The fourth-order valence-electron chi connectivity index (χ4n) is 3.08. The molecule has 126 valence electrons. The van der Waals surface area contributed by atoms with Gasteiger partial charge in [-0.3, -0.25) is 9.78 Å². The van der Waals surface area contributed by atoms with E-state index in [1.165, 1.54) is 6.07 Å². The quantitative estimate of drug-likeness (QED) is 0.865. The highest BCUT2D eigenvalue weighted by Crippen LogP contribution is 2.23. The topological polar surface area (TPSA) is 49.3 Å². The van der Waals surface area contributed by atoms with E-state index in [2.05, 4.69) is 14.9 Å². The van der Waals surface area contributed by atoms with Crippen LogP contribution < -0.4 is 4.90 Å². The molecule has 5 nitrogen and oxygen atoms in total. The standard InChI is InChI=1S/C18H21FN4O/c1-22(13-15-4-2-3-5-16(15)19)18(24)14-6-10-23(11-7-14)17-12-20-8-9-21-17/h2-5,8-9,12,14H,6-7,10-11,13H2,1H3. The first-order chi connectivity index (χ1) is 11.6. The van der Waals surface area contributed by atoms with Gasteiger partial charge in [0.25, 0.3) is 0 Å². The minimum atomic E-state index is -0.269. The van der Waals surface area contributed by atoms with E-state index in [-0.39, 0.29) is 17.6 Å². The predicted molar refractivity (Wildman–Crippen MR) is 89.8 cm³/mol. The van der Waals surface area contributed by atoms with Crippen molar-refractivity contribution in [3.8, 4) is 0 Å². The van der Waals surface area contributed by atoms with E-state index in [0.717, 1.165) is 31.7 Å². The molecule has 0 spiro atoms. The molecular formula is C18H21FN4O. The van der Waals surface area contributed by atoms with E-state index in [9.17, 15) is 9.18 Å². The Morgan fingerprint density at radius 3 is 2.71 bits per heavy atom. The Morgan fingerprint density at radius 2 is 2.04 bits per heavy atom. The van der Waals surface area contributed by atoms with Crippen molar-refractivity contribution in [3.05, 3.63) is 54.2 Å². The van der Waals surface area contributed by atoms with Crippen LogP contribution in [-0.4, -0.2) is 40.9 Å². The number of aromatic nitrogens is 2. The molecule has 1 aromatic heterocycles. The minimum absolute atomic E-state index is 0.0188. The zero-order valence-corrected chi connectivity index (χ0v) is 13.7. The van der Waals surface area contributed by atoms with Gasteiger partial charge in [-0.25, -0.2) is 9.37 Å². The number of benzene rings is 1. The summed E-state index contributed by atoms with van der Waals surface area (Å²) in [5.74, 6) is 0.643.